The summed E-state index contributed by atoms with van der Waals surface area (Å²) in [6.45, 7) is 6.47. The van der Waals surface area contributed by atoms with Crippen LogP contribution in [0, 0.1) is 0 Å². The molecule has 0 aliphatic heterocycles. The van der Waals surface area contributed by atoms with Crippen molar-refractivity contribution < 1.29 is 13.2 Å². The van der Waals surface area contributed by atoms with E-state index >= 15 is 0 Å². The van der Waals surface area contributed by atoms with Gasteiger partial charge in [-0.3, -0.25) is 4.79 Å². The lowest BCUT2D eigenvalue weighted by molar-refractivity contribution is -0.131. The molecule has 60 valence electrons. The second kappa shape index (κ2) is 3.14. The number of carbonyl (C=O) groups excluding carboxylic acids is 1. The molecule has 0 aromatic carbocycles. The predicted molar refractivity (Wildman–Crippen MR) is 39.7 cm³/mol. The van der Waals surface area contributed by atoms with Crippen LogP contribution in [0.25, 0.3) is 0 Å². The third kappa shape index (κ3) is 3.61. The molecule has 0 saturated carbocycles. The van der Waals surface area contributed by atoms with Crippen LogP contribution in [0.15, 0.2) is 0 Å². The minimum absolute atomic E-state index is 0.480. The average Bonchev–Trinajstić information content (AvgIpc) is 1.60. The third-order valence-corrected chi connectivity index (χ3v) is 2.08. The molecule has 0 bridgehead atoms. The van der Waals surface area contributed by atoms with E-state index in [0.717, 1.165) is 0 Å². The van der Waals surface area contributed by atoms with Gasteiger partial charge in [-0.05, 0) is 20.8 Å². The second-order valence-electron chi connectivity index (χ2n) is 2.92. The van der Waals surface area contributed by atoms with Gasteiger partial charge in [0, 0.05) is 6.92 Å². The van der Waals surface area contributed by atoms with Gasteiger partial charge in [-0.25, -0.2) is 4.21 Å². The normalized spacial score (nSPS) is 14.4. The van der Waals surface area contributed by atoms with Crippen molar-refractivity contribution >= 4 is 17.0 Å². The zero-order chi connectivity index (χ0) is 8.36. The largest absolute Gasteiger partial charge is 0.364 e. The van der Waals surface area contributed by atoms with E-state index in [9.17, 15) is 9.00 Å². The second-order valence-corrected chi connectivity index (χ2v) is 4.78. The molecule has 0 fully saturated rings. The van der Waals surface area contributed by atoms with E-state index < -0.39 is 21.8 Å². The maximum atomic E-state index is 10.9. The first kappa shape index (κ1) is 9.62. The summed E-state index contributed by atoms with van der Waals surface area (Å²) in [5.41, 5.74) is 0. The van der Waals surface area contributed by atoms with Gasteiger partial charge in [0.25, 0.3) is 0 Å². The molecule has 0 spiro atoms. The van der Waals surface area contributed by atoms with Crippen LogP contribution in [0.3, 0.4) is 0 Å². The zero-order valence-corrected chi connectivity index (χ0v) is 7.45. The van der Waals surface area contributed by atoms with E-state index in [2.05, 4.69) is 4.18 Å². The first-order valence-electron chi connectivity index (χ1n) is 2.95. The summed E-state index contributed by atoms with van der Waals surface area (Å²) in [4.78, 5) is 10.3. The molecule has 1 atom stereocenters. The van der Waals surface area contributed by atoms with Crippen LogP contribution in [-0.2, 0) is 20.1 Å². The Balaban J connectivity index is 3.99. The molecule has 1 unspecified atom stereocenters. The van der Waals surface area contributed by atoms with Crippen LogP contribution >= 0.6 is 0 Å². The Morgan fingerprint density at radius 3 is 1.90 bits per heavy atom. The molecule has 3 nitrogen and oxygen atoms in total. The van der Waals surface area contributed by atoms with Crippen molar-refractivity contribution in [3.8, 4) is 0 Å². The standard InChI is InChI=1S/C6H12O3S/c1-5(7)9-10(8)6(2,3)4/h1-4H3. The van der Waals surface area contributed by atoms with Gasteiger partial charge in [0.1, 0.15) is 0 Å². The quantitative estimate of drug-likeness (QED) is 0.581. The average molecular weight is 164 g/mol. The highest BCUT2D eigenvalue weighted by Gasteiger charge is 2.22. The monoisotopic (exact) mass is 164 g/mol. The minimum atomic E-state index is -1.52. The molecule has 0 heterocycles. The van der Waals surface area contributed by atoms with Gasteiger partial charge in [-0.15, -0.1) is 0 Å². The van der Waals surface area contributed by atoms with Crippen molar-refractivity contribution in [1.29, 1.82) is 0 Å². The molecule has 0 rings (SSSR count). The fourth-order valence-electron chi connectivity index (χ4n) is 0.232. The summed E-state index contributed by atoms with van der Waals surface area (Å²) in [6.07, 6.45) is 0. The lowest BCUT2D eigenvalue weighted by atomic mass is 10.3. The fourth-order valence-corrected chi connectivity index (χ4v) is 0.695. The molecule has 4 heteroatoms. The maximum Gasteiger partial charge on any atom is 0.316 e. The molecule has 0 aliphatic rings. The van der Waals surface area contributed by atoms with Gasteiger partial charge in [0.05, 0.1) is 4.75 Å². The lowest BCUT2D eigenvalue weighted by Crippen LogP contribution is -2.24. The fraction of sp³-hybridized carbons (Fsp3) is 0.833. The van der Waals surface area contributed by atoms with Gasteiger partial charge >= 0.3 is 5.97 Å². The van der Waals surface area contributed by atoms with Crippen molar-refractivity contribution in [1.82, 2.24) is 0 Å². The number of hydrogen-bond acceptors (Lipinski definition) is 3. The van der Waals surface area contributed by atoms with E-state index in [1.165, 1.54) is 6.92 Å². The van der Waals surface area contributed by atoms with Crippen LogP contribution in [0.1, 0.15) is 27.7 Å². The van der Waals surface area contributed by atoms with Crippen LogP contribution in [0.5, 0.6) is 0 Å². The minimum Gasteiger partial charge on any atom is -0.364 e. The molecule has 0 saturated heterocycles. The molecular weight excluding hydrogens is 152 g/mol. The number of rotatable bonds is 1. The first-order chi connectivity index (χ1) is 4.34. The number of hydrogen-bond donors (Lipinski definition) is 0. The van der Waals surface area contributed by atoms with Crippen LogP contribution in [0.2, 0.25) is 0 Å². The van der Waals surface area contributed by atoms with E-state index in [1.807, 2.05) is 0 Å². The number of carbonyl (C=O) groups is 1. The molecule has 0 aromatic rings. The van der Waals surface area contributed by atoms with Gasteiger partial charge in [-0.1, -0.05) is 0 Å². The van der Waals surface area contributed by atoms with E-state index in [4.69, 9.17) is 0 Å². The highest BCUT2D eigenvalue weighted by Crippen LogP contribution is 2.11. The predicted octanol–water partition coefficient (Wildman–Crippen LogP) is 1.01. The Bertz CT molecular complexity index is 157. The molecule has 0 aromatic heterocycles. The Morgan fingerprint density at radius 2 is 1.80 bits per heavy atom. The summed E-state index contributed by atoms with van der Waals surface area (Å²) in [7, 11) is 0. The van der Waals surface area contributed by atoms with Crippen LogP contribution < -0.4 is 0 Å². The molecule has 0 N–H and O–H groups in total. The van der Waals surface area contributed by atoms with E-state index in [0.29, 0.717) is 0 Å². The highest BCUT2D eigenvalue weighted by molar-refractivity contribution is 7.82. The summed E-state index contributed by atoms with van der Waals surface area (Å²) in [6, 6.07) is 0. The third-order valence-electron chi connectivity index (χ3n) is 0.693. The zero-order valence-electron chi connectivity index (χ0n) is 6.63. The van der Waals surface area contributed by atoms with Crippen LogP contribution in [0.4, 0.5) is 0 Å². The Morgan fingerprint density at radius 1 is 1.40 bits per heavy atom. The summed E-state index contributed by atoms with van der Waals surface area (Å²) in [5.74, 6) is -0.506. The van der Waals surface area contributed by atoms with E-state index in [-0.39, 0.29) is 0 Å². The summed E-state index contributed by atoms with van der Waals surface area (Å²) < 4.78 is 14.9. The van der Waals surface area contributed by atoms with Crippen LogP contribution in [-0.4, -0.2) is 14.9 Å². The van der Waals surface area contributed by atoms with Crippen molar-refractivity contribution in [3.63, 3.8) is 0 Å². The lowest BCUT2D eigenvalue weighted by Gasteiger charge is -2.14. The Labute approximate surface area is 63.4 Å². The SMILES string of the molecule is CC(=O)OS(=O)C(C)(C)C. The highest BCUT2D eigenvalue weighted by atomic mass is 32.2. The van der Waals surface area contributed by atoms with E-state index in [1.54, 1.807) is 20.8 Å². The topological polar surface area (TPSA) is 43.4 Å². The van der Waals surface area contributed by atoms with Crippen molar-refractivity contribution in [2.75, 3.05) is 0 Å². The smallest absolute Gasteiger partial charge is 0.316 e. The summed E-state index contributed by atoms with van der Waals surface area (Å²) in [5, 5.41) is 0. The molecule has 0 aliphatic carbocycles. The molecule has 0 amide bonds. The Hall–Kier alpha value is -0.380. The maximum absolute atomic E-state index is 10.9. The molecule has 10 heavy (non-hydrogen) atoms. The molecular formula is C6H12O3S. The van der Waals surface area contributed by atoms with Gasteiger partial charge in [-0.2, -0.15) is 0 Å². The van der Waals surface area contributed by atoms with Gasteiger partial charge in [0.15, 0.2) is 0 Å². The van der Waals surface area contributed by atoms with Gasteiger partial charge in [0.2, 0.25) is 11.1 Å². The molecule has 0 radical (unpaired) electrons. The Kier molecular flexibility index (Phi) is 3.02. The van der Waals surface area contributed by atoms with Crippen molar-refractivity contribution in [3.05, 3.63) is 0 Å². The van der Waals surface area contributed by atoms with Crippen molar-refractivity contribution in [2.45, 2.75) is 32.4 Å². The summed E-state index contributed by atoms with van der Waals surface area (Å²) >= 11 is -1.52. The van der Waals surface area contributed by atoms with Gasteiger partial charge < -0.3 is 4.18 Å². The first-order valence-corrected chi connectivity index (χ1v) is 4.02. The van der Waals surface area contributed by atoms with Crippen molar-refractivity contribution in [2.24, 2.45) is 0 Å².